The molecule has 4 nitrogen and oxygen atoms in total. The van der Waals surface area contributed by atoms with Crippen molar-refractivity contribution in [3.05, 3.63) is 186 Å². The zero-order valence-electron chi connectivity index (χ0n) is 27.8. The second-order valence-corrected chi connectivity index (χ2v) is 13.9. The lowest BCUT2D eigenvalue weighted by Crippen LogP contribution is -2.26. The molecular weight excluding hydrogens is 635 g/mol. The van der Waals surface area contributed by atoms with Gasteiger partial charge in [0.2, 0.25) is 0 Å². The number of benzene rings is 8. The normalized spacial score (nSPS) is 13.5. The van der Waals surface area contributed by atoms with E-state index in [-0.39, 0.29) is 0 Å². The summed E-state index contributed by atoms with van der Waals surface area (Å²) in [4.78, 5) is 15.4. The molecule has 0 fully saturated rings. The van der Waals surface area contributed by atoms with Crippen LogP contribution in [0.15, 0.2) is 168 Å². The van der Waals surface area contributed by atoms with Crippen LogP contribution in [0.4, 0.5) is 0 Å². The third-order valence-corrected chi connectivity index (χ3v) is 11.3. The van der Waals surface area contributed by atoms with Gasteiger partial charge in [0, 0.05) is 27.5 Å². The van der Waals surface area contributed by atoms with E-state index in [0.29, 0.717) is 17.5 Å². The van der Waals surface area contributed by atoms with Gasteiger partial charge in [-0.05, 0) is 79.2 Å². The number of nitrogens with zero attached hydrogens (tertiary/aromatic N) is 3. The van der Waals surface area contributed by atoms with Crippen molar-refractivity contribution < 1.29 is 4.42 Å². The monoisotopic (exact) mass is 661 g/mol. The van der Waals surface area contributed by atoms with Gasteiger partial charge in [0.25, 0.3) is 0 Å². The number of aromatic nitrogens is 3. The molecule has 2 aliphatic carbocycles. The van der Waals surface area contributed by atoms with Gasteiger partial charge in [0.05, 0.1) is 5.41 Å². The molecule has 0 saturated heterocycles. The zero-order valence-corrected chi connectivity index (χ0v) is 27.8. The van der Waals surface area contributed by atoms with Crippen molar-refractivity contribution in [2.75, 3.05) is 0 Å². The summed E-state index contributed by atoms with van der Waals surface area (Å²) in [6.07, 6.45) is 0. The van der Waals surface area contributed by atoms with E-state index in [1.165, 1.54) is 54.9 Å². The Morgan fingerprint density at radius 3 is 1.71 bits per heavy atom. The predicted octanol–water partition coefficient (Wildman–Crippen LogP) is 11.8. The fourth-order valence-electron chi connectivity index (χ4n) is 9.14. The topological polar surface area (TPSA) is 51.8 Å². The molecule has 8 aromatic carbocycles. The van der Waals surface area contributed by atoms with Gasteiger partial charge in [-0.2, -0.15) is 0 Å². The summed E-state index contributed by atoms with van der Waals surface area (Å²) in [5.74, 6) is 1.87. The van der Waals surface area contributed by atoms with Crippen LogP contribution in [0.3, 0.4) is 0 Å². The van der Waals surface area contributed by atoms with Gasteiger partial charge in [-0.3, -0.25) is 0 Å². The maximum absolute atomic E-state index is 6.28. The molecule has 0 radical (unpaired) electrons. The second-order valence-electron chi connectivity index (χ2n) is 13.9. The maximum atomic E-state index is 6.28. The Kier molecular flexibility index (Phi) is 5.40. The third-order valence-electron chi connectivity index (χ3n) is 11.3. The molecule has 2 aliphatic rings. The molecule has 0 amide bonds. The first-order valence-electron chi connectivity index (χ1n) is 17.7. The summed E-state index contributed by atoms with van der Waals surface area (Å²) in [5.41, 5.74) is 11.7. The van der Waals surface area contributed by atoms with Crippen LogP contribution < -0.4 is 0 Å². The van der Waals surface area contributed by atoms with Gasteiger partial charge in [0.15, 0.2) is 17.5 Å². The Bertz CT molecular complexity index is 3080. The molecule has 0 N–H and O–H groups in total. The summed E-state index contributed by atoms with van der Waals surface area (Å²) < 4.78 is 6.28. The first kappa shape index (κ1) is 27.9. The fourth-order valence-corrected chi connectivity index (χ4v) is 9.14. The molecule has 12 rings (SSSR count). The molecule has 0 saturated carbocycles. The molecule has 52 heavy (non-hydrogen) atoms. The second kappa shape index (κ2) is 10.1. The molecule has 0 bridgehead atoms. The number of para-hydroxylation sites is 1. The highest BCUT2D eigenvalue weighted by Gasteiger charge is 2.50. The summed E-state index contributed by atoms with van der Waals surface area (Å²) in [5, 5.41) is 7.40. The maximum Gasteiger partial charge on any atom is 0.164 e. The molecule has 240 valence electrons. The lowest BCUT2D eigenvalue weighted by atomic mass is 9.70. The van der Waals surface area contributed by atoms with Crippen LogP contribution in [0.5, 0.6) is 0 Å². The molecule has 2 aromatic heterocycles. The van der Waals surface area contributed by atoms with E-state index in [2.05, 4.69) is 127 Å². The number of furan rings is 1. The van der Waals surface area contributed by atoms with Gasteiger partial charge in [-0.1, -0.05) is 140 Å². The minimum Gasteiger partial charge on any atom is -0.456 e. The van der Waals surface area contributed by atoms with Crippen LogP contribution in [-0.2, 0) is 5.41 Å². The largest absolute Gasteiger partial charge is 0.456 e. The Labute approximate surface area is 298 Å². The highest BCUT2D eigenvalue weighted by Crippen LogP contribution is 2.62. The number of fused-ring (bicyclic) bond motifs is 10. The van der Waals surface area contributed by atoms with Crippen LogP contribution in [0.2, 0.25) is 0 Å². The highest BCUT2D eigenvalue weighted by molar-refractivity contribution is 6.17. The minimum atomic E-state index is -0.463. The molecule has 10 aromatic rings. The predicted molar refractivity (Wildman–Crippen MR) is 209 cm³/mol. The van der Waals surface area contributed by atoms with E-state index in [0.717, 1.165) is 38.6 Å². The third kappa shape index (κ3) is 3.58. The van der Waals surface area contributed by atoms with Gasteiger partial charge >= 0.3 is 0 Å². The molecule has 1 spiro atoms. The Hall–Kier alpha value is -6.91. The molecular formula is C48H27N3O. The SMILES string of the molecule is c1ccc(-c2nc(-c3ccc4c(c3)C3(c5ccccc5-4)c4cccc5ccc6cccc3c6c45)nc(-c3ccc4c(c3)oc3ccccc34)n2)cc1. The van der Waals surface area contributed by atoms with Gasteiger partial charge in [-0.25, -0.2) is 15.0 Å². The molecule has 0 aliphatic heterocycles. The van der Waals surface area contributed by atoms with Crippen LogP contribution in [-0.4, -0.2) is 15.0 Å². The number of rotatable bonds is 3. The first-order valence-corrected chi connectivity index (χ1v) is 17.7. The quantitative estimate of drug-likeness (QED) is 0.177. The van der Waals surface area contributed by atoms with E-state index in [9.17, 15) is 0 Å². The van der Waals surface area contributed by atoms with Crippen molar-refractivity contribution >= 4 is 43.5 Å². The van der Waals surface area contributed by atoms with Crippen LogP contribution in [0, 0.1) is 0 Å². The number of hydrogen-bond donors (Lipinski definition) is 0. The zero-order chi connectivity index (χ0) is 34.0. The van der Waals surface area contributed by atoms with E-state index in [4.69, 9.17) is 19.4 Å². The molecule has 4 heteroatoms. The van der Waals surface area contributed by atoms with Crippen molar-refractivity contribution in [2.24, 2.45) is 0 Å². The van der Waals surface area contributed by atoms with Crippen molar-refractivity contribution in [3.8, 4) is 45.3 Å². The van der Waals surface area contributed by atoms with E-state index < -0.39 is 5.41 Å². The van der Waals surface area contributed by atoms with E-state index in [1.54, 1.807) is 0 Å². The first-order chi connectivity index (χ1) is 25.8. The van der Waals surface area contributed by atoms with Gasteiger partial charge in [0.1, 0.15) is 11.2 Å². The summed E-state index contributed by atoms with van der Waals surface area (Å²) in [6.45, 7) is 0. The van der Waals surface area contributed by atoms with Crippen molar-refractivity contribution in [2.45, 2.75) is 5.41 Å². The number of hydrogen-bond acceptors (Lipinski definition) is 4. The lowest BCUT2D eigenvalue weighted by Gasteiger charge is -2.31. The molecule has 0 atom stereocenters. The highest BCUT2D eigenvalue weighted by atomic mass is 16.3. The van der Waals surface area contributed by atoms with Crippen molar-refractivity contribution in [3.63, 3.8) is 0 Å². The average molecular weight is 662 g/mol. The van der Waals surface area contributed by atoms with E-state index >= 15 is 0 Å². The minimum absolute atomic E-state index is 0.463. The molecule has 2 heterocycles. The van der Waals surface area contributed by atoms with Gasteiger partial charge < -0.3 is 4.42 Å². The molecule has 0 unspecified atom stereocenters. The summed E-state index contributed by atoms with van der Waals surface area (Å²) >= 11 is 0. The van der Waals surface area contributed by atoms with Crippen LogP contribution >= 0.6 is 0 Å². The van der Waals surface area contributed by atoms with Crippen LogP contribution in [0.1, 0.15) is 22.3 Å². The Morgan fingerprint density at radius 1 is 0.365 bits per heavy atom. The lowest BCUT2D eigenvalue weighted by molar-refractivity contribution is 0.669. The van der Waals surface area contributed by atoms with Crippen molar-refractivity contribution in [1.82, 2.24) is 15.0 Å². The Balaban J connectivity index is 1.11. The standard InChI is InChI=1S/C48H27N3O/c1-2-10-30(11-3-1)45-49-46(51-47(50-45)32-23-25-36-35-15-5-7-19-41(35)52-42(36)27-32)31-22-24-34-33-14-4-6-16-37(33)48(40(34)26-31)38-17-8-12-28-20-21-29-13-9-18-39(48)44(29)43(28)38/h1-27H. The smallest absolute Gasteiger partial charge is 0.164 e. The van der Waals surface area contributed by atoms with E-state index in [1.807, 2.05) is 36.4 Å². The Morgan fingerprint density at radius 2 is 0.942 bits per heavy atom. The summed E-state index contributed by atoms with van der Waals surface area (Å²) in [7, 11) is 0. The van der Waals surface area contributed by atoms with Crippen LogP contribution in [0.25, 0.3) is 88.8 Å². The summed E-state index contributed by atoms with van der Waals surface area (Å²) in [6, 6.07) is 58.4. The average Bonchev–Trinajstić information content (AvgIpc) is 3.84. The van der Waals surface area contributed by atoms with Gasteiger partial charge in [-0.15, -0.1) is 0 Å². The van der Waals surface area contributed by atoms with Crippen molar-refractivity contribution in [1.29, 1.82) is 0 Å². The fraction of sp³-hybridized carbons (Fsp3) is 0.0208.